The van der Waals surface area contributed by atoms with Crippen LogP contribution < -0.4 is 10.6 Å². The van der Waals surface area contributed by atoms with Gasteiger partial charge < -0.3 is 15.2 Å². The molecule has 0 saturated heterocycles. The molecule has 9 heteroatoms. The molecule has 2 amide bonds. The van der Waals surface area contributed by atoms with Crippen LogP contribution in [0.1, 0.15) is 53.7 Å². The van der Waals surface area contributed by atoms with Crippen molar-refractivity contribution < 1.29 is 24.2 Å². The molecule has 0 fully saturated rings. The lowest BCUT2D eigenvalue weighted by molar-refractivity contribution is -0.137. The normalized spacial score (nSPS) is 13.0. The number of aryl methyl sites for hydroxylation is 1. The molecule has 0 saturated carbocycles. The van der Waals surface area contributed by atoms with Crippen molar-refractivity contribution in [2.45, 2.75) is 38.1 Å². The number of carboxylic acids is 1. The molecule has 1 aliphatic carbocycles. The highest BCUT2D eigenvalue weighted by Gasteiger charge is 2.29. The number of amides is 2. The first-order chi connectivity index (χ1) is 16.9. The standard InChI is InChI=1S/C26H28N4O5/c1-3-8-16(13-23(31)32)28-25(33)24-22(14-27-30(24)2)29-26(34)35-15-21-19-11-6-4-9-17(19)18-10-5-7-12-20(18)21/h4-7,9-12,14,16,21H,3,8,13,15H2,1-2H3,(H,28,33)(H,29,34)(H,31,32)/t16-/m1/s1. The first-order valence-electron chi connectivity index (χ1n) is 11.6. The number of aliphatic carboxylic acids is 1. The van der Waals surface area contributed by atoms with Gasteiger partial charge in [0.1, 0.15) is 12.3 Å². The quantitative estimate of drug-likeness (QED) is 0.426. The largest absolute Gasteiger partial charge is 0.481 e. The van der Waals surface area contributed by atoms with Crippen molar-refractivity contribution >= 4 is 23.7 Å². The molecule has 1 aliphatic rings. The third-order valence-corrected chi connectivity index (χ3v) is 6.13. The van der Waals surface area contributed by atoms with Gasteiger partial charge in [0.15, 0.2) is 0 Å². The van der Waals surface area contributed by atoms with Crippen LogP contribution in [-0.2, 0) is 16.6 Å². The van der Waals surface area contributed by atoms with Gasteiger partial charge in [0.25, 0.3) is 5.91 Å². The molecule has 9 nitrogen and oxygen atoms in total. The van der Waals surface area contributed by atoms with E-state index in [1.807, 2.05) is 43.3 Å². The van der Waals surface area contributed by atoms with E-state index in [2.05, 4.69) is 27.9 Å². The Morgan fingerprint density at radius 2 is 1.71 bits per heavy atom. The predicted octanol–water partition coefficient (Wildman–Crippen LogP) is 4.15. The van der Waals surface area contributed by atoms with Gasteiger partial charge in [-0.3, -0.25) is 19.6 Å². The summed E-state index contributed by atoms with van der Waals surface area (Å²) in [5.74, 6) is -1.60. The number of hydrogen-bond acceptors (Lipinski definition) is 5. The van der Waals surface area contributed by atoms with Crippen LogP contribution >= 0.6 is 0 Å². The lowest BCUT2D eigenvalue weighted by Gasteiger charge is -2.17. The van der Waals surface area contributed by atoms with E-state index >= 15 is 0 Å². The van der Waals surface area contributed by atoms with Crippen LogP contribution in [0.3, 0.4) is 0 Å². The monoisotopic (exact) mass is 476 g/mol. The van der Waals surface area contributed by atoms with Gasteiger partial charge in [0.2, 0.25) is 0 Å². The maximum atomic E-state index is 12.9. The number of nitrogens with one attached hydrogen (secondary N) is 2. The Balaban J connectivity index is 1.44. The molecule has 182 valence electrons. The molecule has 2 aromatic carbocycles. The molecule has 35 heavy (non-hydrogen) atoms. The lowest BCUT2D eigenvalue weighted by atomic mass is 9.98. The van der Waals surface area contributed by atoms with Crippen molar-refractivity contribution in [1.82, 2.24) is 15.1 Å². The molecule has 1 aromatic heterocycles. The van der Waals surface area contributed by atoms with Crippen LogP contribution in [0, 0.1) is 0 Å². The predicted molar refractivity (Wildman–Crippen MR) is 130 cm³/mol. The summed E-state index contributed by atoms with van der Waals surface area (Å²) in [6.45, 7) is 2.05. The van der Waals surface area contributed by atoms with E-state index in [0.29, 0.717) is 12.8 Å². The number of carbonyl (C=O) groups is 3. The zero-order chi connectivity index (χ0) is 24.9. The van der Waals surface area contributed by atoms with Gasteiger partial charge in [-0.05, 0) is 28.7 Å². The molecule has 0 aliphatic heterocycles. The van der Waals surface area contributed by atoms with Gasteiger partial charge in [0, 0.05) is 19.0 Å². The number of rotatable bonds is 9. The van der Waals surface area contributed by atoms with Crippen molar-refractivity contribution in [2.24, 2.45) is 7.05 Å². The van der Waals surface area contributed by atoms with Crippen LogP contribution in [0.5, 0.6) is 0 Å². The van der Waals surface area contributed by atoms with Crippen molar-refractivity contribution in [2.75, 3.05) is 11.9 Å². The molecule has 0 radical (unpaired) electrons. The number of nitrogens with zero attached hydrogens (tertiary/aromatic N) is 2. The Kier molecular flexibility index (Phi) is 7.14. The van der Waals surface area contributed by atoms with E-state index in [1.54, 1.807) is 7.05 Å². The number of aromatic nitrogens is 2. The van der Waals surface area contributed by atoms with E-state index < -0.39 is 24.0 Å². The molecular weight excluding hydrogens is 448 g/mol. The van der Waals surface area contributed by atoms with Crippen LogP contribution in [-0.4, -0.2) is 45.5 Å². The molecule has 0 unspecified atom stereocenters. The Morgan fingerprint density at radius 3 is 2.31 bits per heavy atom. The van der Waals surface area contributed by atoms with E-state index in [0.717, 1.165) is 22.3 Å². The highest BCUT2D eigenvalue weighted by atomic mass is 16.5. The number of ether oxygens (including phenoxy) is 1. The van der Waals surface area contributed by atoms with E-state index in [4.69, 9.17) is 9.84 Å². The summed E-state index contributed by atoms with van der Waals surface area (Å²) in [5, 5.41) is 18.5. The van der Waals surface area contributed by atoms with Crippen LogP contribution in [0.25, 0.3) is 11.1 Å². The number of carbonyl (C=O) groups excluding carboxylic acids is 2. The Hall–Kier alpha value is -4.14. The fourth-order valence-electron chi connectivity index (χ4n) is 4.58. The highest BCUT2D eigenvalue weighted by Crippen LogP contribution is 2.44. The number of anilines is 1. The lowest BCUT2D eigenvalue weighted by Crippen LogP contribution is -2.37. The number of benzene rings is 2. The van der Waals surface area contributed by atoms with Crippen molar-refractivity contribution in [3.05, 3.63) is 71.5 Å². The summed E-state index contributed by atoms with van der Waals surface area (Å²) in [6, 6.07) is 15.6. The van der Waals surface area contributed by atoms with Crippen molar-refractivity contribution in [3.8, 4) is 11.1 Å². The average Bonchev–Trinajstić information content (AvgIpc) is 3.35. The Morgan fingerprint density at radius 1 is 1.09 bits per heavy atom. The second kappa shape index (κ2) is 10.4. The minimum absolute atomic E-state index is 0.0874. The Bertz CT molecular complexity index is 1210. The zero-order valence-corrected chi connectivity index (χ0v) is 19.7. The summed E-state index contributed by atoms with van der Waals surface area (Å²) in [4.78, 5) is 36.7. The van der Waals surface area contributed by atoms with Gasteiger partial charge in [-0.2, -0.15) is 5.10 Å². The smallest absolute Gasteiger partial charge is 0.411 e. The Labute approximate surface area is 203 Å². The molecule has 0 bridgehead atoms. The third kappa shape index (κ3) is 5.18. The van der Waals surface area contributed by atoms with Gasteiger partial charge in [-0.1, -0.05) is 61.9 Å². The number of carboxylic acid groups (broad SMARTS) is 1. The summed E-state index contributed by atoms with van der Waals surface area (Å²) < 4.78 is 6.89. The molecule has 1 heterocycles. The first kappa shape index (κ1) is 24.0. The van der Waals surface area contributed by atoms with Crippen molar-refractivity contribution in [1.29, 1.82) is 0 Å². The van der Waals surface area contributed by atoms with E-state index in [1.165, 1.54) is 10.9 Å². The number of hydrogen-bond donors (Lipinski definition) is 3. The summed E-state index contributed by atoms with van der Waals surface area (Å²) in [5.41, 5.74) is 4.77. The van der Waals surface area contributed by atoms with E-state index in [-0.39, 0.29) is 30.3 Å². The minimum atomic E-state index is -0.995. The van der Waals surface area contributed by atoms with Gasteiger partial charge in [-0.15, -0.1) is 0 Å². The van der Waals surface area contributed by atoms with Crippen molar-refractivity contribution in [3.63, 3.8) is 0 Å². The molecule has 4 rings (SSSR count). The fourth-order valence-corrected chi connectivity index (χ4v) is 4.58. The average molecular weight is 477 g/mol. The first-order valence-corrected chi connectivity index (χ1v) is 11.6. The van der Waals surface area contributed by atoms with Crippen LogP contribution in [0.15, 0.2) is 54.7 Å². The third-order valence-electron chi connectivity index (χ3n) is 6.13. The summed E-state index contributed by atoms with van der Waals surface area (Å²) in [6.07, 6.45) is 1.71. The maximum absolute atomic E-state index is 12.9. The maximum Gasteiger partial charge on any atom is 0.411 e. The second-order valence-corrected chi connectivity index (χ2v) is 8.54. The molecule has 3 N–H and O–H groups in total. The fraction of sp³-hybridized carbons (Fsp3) is 0.308. The molecule has 0 spiro atoms. The zero-order valence-electron chi connectivity index (χ0n) is 19.7. The second-order valence-electron chi connectivity index (χ2n) is 8.54. The molecular formula is C26H28N4O5. The SMILES string of the molecule is CCC[C@H](CC(=O)O)NC(=O)c1c(NC(=O)OCC2c3ccccc3-c3ccccc32)cnn1C. The van der Waals surface area contributed by atoms with E-state index in [9.17, 15) is 14.4 Å². The van der Waals surface area contributed by atoms with Crippen LogP contribution in [0.4, 0.5) is 10.5 Å². The van der Waals surface area contributed by atoms with Crippen LogP contribution in [0.2, 0.25) is 0 Å². The summed E-state index contributed by atoms with van der Waals surface area (Å²) >= 11 is 0. The minimum Gasteiger partial charge on any atom is -0.481 e. The summed E-state index contributed by atoms with van der Waals surface area (Å²) in [7, 11) is 1.57. The highest BCUT2D eigenvalue weighted by molar-refractivity contribution is 6.01. The molecule has 3 aromatic rings. The number of fused-ring (bicyclic) bond motifs is 3. The van der Waals surface area contributed by atoms with Gasteiger partial charge in [-0.25, -0.2) is 4.79 Å². The topological polar surface area (TPSA) is 123 Å². The van der Waals surface area contributed by atoms with Gasteiger partial charge >= 0.3 is 12.1 Å². The van der Waals surface area contributed by atoms with Gasteiger partial charge in [0.05, 0.1) is 18.3 Å². The molecule has 1 atom stereocenters.